The van der Waals surface area contributed by atoms with Gasteiger partial charge >= 0.3 is 0 Å². The maximum Gasteiger partial charge on any atom is 0.0460 e. The van der Waals surface area contributed by atoms with Gasteiger partial charge in [0.05, 0.1) is 0 Å². The Hall–Kier alpha value is -1.64. The molecule has 2 aromatic carbocycles. The van der Waals surface area contributed by atoms with Crippen LogP contribution in [0.5, 0.6) is 0 Å². The molecule has 0 radical (unpaired) electrons. The maximum atomic E-state index is 5.73. The number of hydrogen-bond donors (Lipinski definition) is 2. The van der Waals surface area contributed by atoms with Crippen molar-refractivity contribution in [2.45, 2.75) is 45.1 Å². The fourth-order valence-electron chi connectivity index (χ4n) is 2.71. The van der Waals surface area contributed by atoms with E-state index in [-0.39, 0.29) is 6.04 Å². The van der Waals surface area contributed by atoms with Gasteiger partial charge in [-0.05, 0) is 42.4 Å². The zero-order valence-corrected chi connectivity index (χ0v) is 12.9. The molecular formula is C19H26N2. The van der Waals surface area contributed by atoms with E-state index in [2.05, 4.69) is 66.9 Å². The van der Waals surface area contributed by atoms with Crippen LogP contribution in [-0.4, -0.2) is 0 Å². The molecule has 0 heterocycles. The molecule has 2 nitrogen and oxygen atoms in total. The van der Waals surface area contributed by atoms with Gasteiger partial charge in [0.25, 0.3) is 0 Å². The van der Waals surface area contributed by atoms with Crippen LogP contribution in [0.25, 0.3) is 0 Å². The van der Waals surface area contributed by atoms with Gasteiger partial charge in [0, 0.05) is 6.04 Å². The maximum absolute atomic E-state index is 5.73. The molecule has 2 heteroatoms. The standard InChI is InChI=1S/C19H26N2/c1-2-7-16-12-14-18(15-13-16)19(21-20)11-6-10-17-8-4-3-5-9-17/h3-5,8-9,12-15,19,21H,2,6-7,10-11,20H2,1H3. The summed E-state index contributed by atoms with van der Waals surface area (Å²) in [6, 6.07) is 19.7. The third-order valence-electron chi connectivity index (χ3n) is 3.92. The Morgan fingerprint density at radius 2 is 1.57 bits per heavy atom. The molecule has 0 saturated heterocycles. The first-order chi connectivity index (χ1) is 10.3. The molecule has 0 aliphatic carbocycles. The molecule has 0 aliphatic rings. The Labute approximate surface area is 128 Å². The second-order valence-electron chi connectivity index (χ2n) is 5.59. The van der Waals surface area contributed by atoms with Crippen molar-refractivity contribution in [1.29, 1.82) is 0 Å². The van der Waals surface area contributed by atoms with Crippen molar-refractivity contribution in [3.05, 3.63) is 71.3 Å². The lowest BCUT2D eigenvalue weighted by atomic mass is 9.98. The van der Waals surface area contributed by atoms with Crippen molar-refractivity contribution < 1.29 is 0 Å². The first kappa shape index (κ1) is 15.7. The number of nitrogens with one attached hydrogen (secondary N) is 1. The highest BCUT2D eigenvalue weighted by atomic mass is 15.2. The molecule has 1 atom stereocenters. The van der Waals surface area contributed by atoms with Crippen LogP contribution in [0.3, 0.4) is 0 Å². The lowest BCUT2D eigenvalue weighted by Crippen LogP contribution is -2.28. The van der Waals surface area contributed by atoms with Gasteiger partial charge in [0.15, 0.2) is 0 Å². The highest BCUT2D eigenvalue weighted by molar-refractivity contribution is 5.25. The molecule has 0 bridgehead atoms. The summed E-state index contributed by atoms with van der Waals surface area (Å²) in [6.07, 6.45) is 5.63. The topological polar surface area (TPSA) is 38.0 Å². The Morgan fingerprint density at radius 3 is 2.19 bits per heavy atom. The average molecular weight is 282 g/mol. The minimum atomic E-state index is 0.240. The number of rotatable bonds is 8. The second-order valence-corrected chi connectivity index (χ2v) is 5.59. The van der Waals surface area contributed by atoms with Crippen LogP contribution in [0.4, 0.5) is 0 Å². The van der Waals surface area contributed by atoms with Gasteiger partial charge in [-0.2, -0.15) is 0 Å². The summed E-state index contributed by atoms with van der Waals surface area (Å²) >= 11 is 0. The molecule has 0 aliphatic heterocycles. The molecule has 0 saturated carbocycles. The molecular weight excluding hydrogens is 256 g/mol. The normalized spacial score (nSPS) is 12.3. The van der Waals surface area contributed by atoms with E-state index in [4.69, 9.17) is 5.84 Å². The van der Waals surface area contributed by atoms with Gasteiger partial charge in [-0.3, -0.25) is 11.3 Å². The zero-order valence-electron chi connectivity index (χ0n) is 12.9. The van der Waals surface area contributed by atoms with Gasteiger partial charge in [0.2, 0.25) is 0 Å². The summed E-state index contributed by atoms with van der Waals surface area (Å²) in [5.74, 6) is 5.73. The molecule has 0 aromatic heterocycles. The number of benzene rings is 2. The first-order valence-electron chi connectivity index (χ1n) is 7.92. The van der Waals surface area contributed by atoms with E-state index in [0.29, 0.717) is 0 Å². The zero-order chi connectivity index (χ0) is 14.9. The second kappa shape index (κ2) is 8.60. The molecule has 3 N–H and O–H groups in total. The Morgan fingerprint density at radius 1 is 0.905 bits per heavy atom. The molecule has 0 fully saturated rings. The van der Waals surface area contributed by atoms with Crippen molar-refractivity contribution in [1.82, 2.24) is 5.43 Å². The number of hydrogen-bond acceptors (Lipinski definition) is 2. The molecule has 2 aromatic rings. The molecule has 1 unspecified atom stereocenters. The molecule has 0 spiro atoms. The van der Waals surface area contributed by atoms with Crippen molar-refractivity contribution in [2.75, 3.05) is 0 Å². The summed E-state index contributed by atoms with van der Waals surface area (Å²) < 4.78 is 0. The molecule has 112 valence electrons. The lowest BCUT2D eigenvalue weighted by molar-refractivity contribution is 0.498. The monoisotopic (exact) mass is 282 g/mol. The number of aryl methyl sites for hydroxylation is 2. The molecule has 21 heavy (non-hydrogen) atoms. The third-order valence-corrected chi connectivity index (χ3v) is 3.92. The average Bonchev–Trinajstić information content (AvgIpc) is 2.54. The highest BCUT2D eigenvalue weighted by Gasteiger charge is 2.09. The first-order valence-corrected chi connectivity index (χ1v) is 7.92. The van der Waals surface area contributed by atoms with E-state index >= 15 is 0 Å². The largest absolute Gasteiger partial charge is 0.271 e. The summed E-state index contributed by atoms with van der Waals surface area (Å²) in [7, 11) is 0. The number of hydrazine groups is 1. The van der Waals surface area contributed by atoms with Crippen molar-refractivity contribution >= 4 is 0 Å². The predicted molar refractivity (Wildman–Crippen MR) is 89.9 cm³/mol. The third kappa shape index (κ3) is 5.00. The van der Waals surface area contributed by atoms with Gasteiger partial charge in [0.1, 0.15) is 0 Å². The molecule has 2 rings (SSSR count). The van der Waals surface area contributed by atoms with Crippen LogP contribution in [0.1, 0.15) is 48.9 Å². The Kier molecular flexibility index (Phi) is 6.45. The van der Waals surface area contributed by atoms with E-state index in [1.807, 2.05) is 0 Å². The van der Waals surface area contributed by atoms with Gasteiger partial charge < -0.3 is 0 Å². The minimum absolute atomic E-state index is 0.240. The van der Waals surface area contributed by atoms with Crippen molar-refractivity contribution in [3.8, 4) is 0 Å². The Balaban J connectivity index is 1.87. The van der Waals surface area contributed by atoms with Gasteiger partial charge in [-0.25, -0.2) is 0 Å². The summed E-state index contributed by atoms with van der Waals surface area (Å²) in [6.45, 7) is 2.21. The quantitative estimate of drug-likeness (QED) is 0.563. The highest BCUT2D eigenvalue weighted by Crippen LogP contribution is 2.20. The van der Waals surface area contributed by atoms with Crippen LogP contribution < -0.4 is 11.3 Å². The smallest absolute Gasteiger partial charge is 0.0460 e. The van der Waals surface area contributed by atoms with E-state index in [1.54, 1.807) is 0 Å². The van der Waals surface area contributed by atoms with Crippen molar-refractivity contribution in [3.63, 3.8) is 0 Å². The van der Waals surface area contributed by atoms with Crippen LogP contribution >= 0.6 is 0 Å². The summed E-state index contributed by atoms with van der Waals surface area (Å²) in [5.41, 5.74) is 7.04. The summed E-state index contributed by atoms with van der Waals surface area (Å²) in [4.78, 5) is 0. The summed E-state index contributed by atoms with van der Waals surface area (Å²) in [5, 5.41) is 0. The van der Waals surface area contributed by atoms with Crippen LogP contribution in [0, 0.1) is 0 Å². The van der Waals surface area contributed by atoms with E-state index in [9.17, 15) is 0 Å². The minimum Gasteiger partial charge on any atom is -0.271 e. The fourth-order valence-corrected chi connectivity index (χ4v) is 2.71. The van der Waals surface area contributed by atoms with Crippen LogP contribution in [-0.2, 0) is 12.8 Å². The van der Waals surface area contributed by atoms with E-state index in [0.717, 1.165) is 25.7 Å². The van der Waals surface area contributed by atoms with Crippen LogP contribution in [0.15, 0.2) is 54.6 Å². The Bertz CT molecular complexity index is 505. The fraction of sp³-hybridized carbons (Fsp3) is 0.368. The van der Waals surface area contributed by atoms with Gasteiger partial charge in [-0.15, -0.1) is 0 Å². The number of nitrogens with two attached hydrogens (primary N) is 1. The van der Waals surface area contributed by atoms with E-state index < -0.39 is 0 Å². The SMILES string of the molecule is CCCc1ccc(C(CCCc2ccccc2)NN)cc1. The molecule has 0 amide bonds. The predicted octanol–water partition coefficient (Wildman–Crippen LogP) is 4.17. The van der Waals surface area contributed by atoms with Gasteiger partial charge in [-0.1, -0.05) is 67.9 Å². The van der Waals surface area contributed by atoms with Crippen molar-refractivity contribution in [2.24, 2.45) is 5.84 Å². The van der Waals surface area contributed by atoms with E-state index in [1.165, 1.54) is 23.1 Å². The van der Waals surface area contributed by atoms with Crippen LogP contribution in [0.2, 0.25) is 0 Å². The lowest BCUT2D eigenvalue weighted by Gasteiger charge is -2.16.